The van der Waals surface area contributed by atoms with Gasteiger partial charge in [0.05, 0.1) is 13.0 Å². The first-order valence-electron chi connectivity index (χ1n) is 5.99. The van der Waals surface area contributed by atoms with Gasteiger partial charge in [-0.25, -0.2) is 0 Å². The molecule has 0 unspecified atom stereocenters. The molecule has 1 rings (SSSR count). The minimum absolute atomic E-state index is 0.0166. The topological polar surface area (TPSA) is 49.8 Å². The molecule has 0 aromatic heterocycles. The summed E-state index contributed by atoms with van der Waals surface area (Å²) in [6.45, 7) is 1.56. The van der Waals surface area contributed by atoms with Crippen LogP contribution in [0.25, 0.3) is 0 Å². The summed E-state index contributed by atoms with van der Waals surface area (Å²) in [6.07, 6.45) is -0.0166. The number of ether oxygens (including phenoxy) is 1. The summed E-state index contributed by atoms with van der Waals surface area (Å²) in [5.74, 6) is 0.803. The highest BCUT2D eigenvalue weighted by Gasteiger charge is 2.06. The van der Waals surface area contributed by atoms with Crippen LogP contribution in [0.3, 0.4) is 0 Å². The number of hydrogen-bond donors (Lipinski definition) is 1. The van der Waals surface area contributed by atoms with Crippen LogP contribution in [-0.4, -0.2) is 42.5 Å². The van der Waals surface area contributed by atoms with E-state index in [2.05, 4.69) is 4.90 Å². The van der Waals surface area contributed by atoms with E-state index in [1.165, 1.54) is 0 Å². The van der Waals surface area contributed by atoms with Gasteiger partial charge in [0, 0.05) is 36.6 Å². The lowest BCUT2D eigenvalue weighted by molar-refractivity contribution is -0.137. The van der Waals surface area contributed by atoms with Crippen molar-refractivity contribution in [3.8, 4) is 5.75 Å². The SMILES string of the molecule is O=C(O)CCOc1cccc(N(CCCl)CCCl)c1. The van der Waals surface area contributed by atoms with Gasteiger partial charge < -0.3 is 14.7 Å². The van der Waals surface area contributed by atoms with Crippen molar-refractivity contribution in [2.45, 2.75) is 6.42 Å². The van der Waals surface area contributed by atoms with Crippen molar-refractivity contribution in [1.82, 2.24) is 0 Å². The molecule has 0 heterocycles. The number of hydrogen-bond acceptors (Lipinski definition) is 3. The van der Waals surface area contributed by atoms with Crippen molar-refractivity contribution in [2.75, 3.05) is 36.4 Å². The highest BCUT2D eigenvalue weighted by molar-refractivity contribution is 6.18. The summed E-state index contributed by atoms with van der Waals surface area (Å²) in [5.41, 5.74) is 0.967. The number of carbonyl (C=O) groups is 1. The third-order valence-corrected chi connectivity index (χ3v) is 2.81. The maximum atomic E-state index is 10.4. The van der Waals surface area contributed by atoms with Gasteiger partial charge >= 0.3 is 5.97 Å². The molecule has 0 amide bonds. The average molecular weight is 306 g/mol. The van der Waals surface area contributed by atoms with E-state index >= 15 is 0 Å². The molecule has 1 aromatic rings. The third kappa shape index (κ3) is 6.03. The zero-order valence-corrected chi connectivity index (χ0v) is 12.0. The maximum absolute atomic E-state index is 10.4. The van der Waals surface area contributed by atoms with E-state index in [9.17, 15) is 4.79 Å². The van der Waals surface area contributed by atoms with Gasteiger partial charge in [-0.2, -0.15) is 0 Å². The van der Waals surface area contributed by atoms with Crippen LogP contribution in [0, 0.1) is 0 Å². The molecule has 0 radical (unpaired) electrons. The molecule has 1 N–H and O–H groups in total. The Bertz CT molecular complexity index is 395. The smallest absolute Gasteiger partial charge is 0.306 e. The Balaban J connectivity index is 2.65. The van der Waals surface area contributed by atoms with Crippen LogP contribution in [0.4, 0.5) is 5.69 Å². The fraction of sp³-hybridized carbons (Fsp3) is 0.462. The molecule has 4 nitrogen and oxygen atoms in total. The van der Waals surface area contributed by atoms with Crippen molar-refractivity contribution in [2.24, 2.45) is 0 Å². The Morgan fingerprint density at radius 2 is 1.95 bits per heavy atom. The number of aliphatic carboxylic acids is 1. The molecule has 0 aliphatic rings. The predicted molar refractivity (Wildman–Crippen MR) is 77.8 cm³/mol. The van der Waals surface area contributed by atoms with Crippen LogP contribution in [0.15, 0.2) is 24.3 Å². The van der Waals surface area contributed by atoms with Crippen molar-refractivity contribution >= 4 is 34.9 Å². The van der Waals surface area contributed by atoms with E-state index < -0.39 is 5.97 Å². The van der Waals surface area contributed by atoms with Crippen LogP contribution >= 0.6 is 23.2 Å². The van der Waals surface area contributed by atoms with Crippen LogP contribution < -0.4 is 9.64 Å². The van der Waals surface area contributed by atoms with Gasteiger partial charge in [-0.1, -0.05) is 6.07 Å². The average Bonchev–Trinajstić information content (AvgIpc) is 2.38. The van der Waals surface area contributed by atoms with Gasteiger partial charge in [-0.15, -0.1) is 23.2 Å². The molecule has 19 heavy (non-hydrogen) atoms. The van der Waals surface area contributed by atoms with E-state index in [0.717, 1.165) is 5.69 Å². The summed E-state index contributed by atoms with van der Waals surface area (Å²) in [6, 6.07) is 7.47. The molecule has 0 saturated carbocycles. The first kappa shape index (κ1) is 15.9. The molecule has 0 aliphatic carbocycles. The van der Waals surface area contributed by atoms with E-state index in [0.29, 0.717) is 30.6 Å². The van der Waals surface area contributed by atoms with Gasteiger partial charge in [0.25, 0.3) is 0 Å². The third-order valence-electron chi connectivity index (χ3n) is 2.48. The lowest BCUT2D eigenvalue weighted by atomic mass is 10.2. The van der Waals surface area contributed by atoms with E-state index in [4.69, 9.17) is 33.0 Å². The predicted octanol–water partition coefficient (Wildman–Crippen LogP) is 2.82. The normalized spacial score (nSPS) is 10.2. The van der Waals surface area contributed by atoms with E-state index in [1.807, 2.05) is 18.2 Å². The summed E-state index contributed by atoms with van der Waals surface area (Å²) in [7, 11) is 0. The molecule has 6 heteroatoms. The first-order chi connectivity index (χ1) is 9.17. The maximum Gasteiger partial charge on any atom is 0.306 e. The molecule has 106 valence electrons. The quantitative estimate of drug-likeness (QED) is 0.713. The first-order valence-corrected chi connectivity index (χ1v) is 7.06. The van der Waals surface area contributed by atoms with Crippen molar-refractivity contribution in [3.05, 3.63) is 24.3 Å². The number of carboxylic acids is 1. The Hall–Kier alpha value is -1.13. The molecular weight excluding hydrogens is 289 g/mol. The number of nitrogens with zero attached hydrogens (tertiary/aromatic N) is 1. The fourth-order valence-electron chi connectivity index (χ4n) is 1.60. The van der Waals surface area contributed by atoms with Crippen molar-refractivity contribution in [3.63, 3.8) is 0 Å². The van der Waals surface area contributed by atoms with Gasteiger partial charge in [-0.3, -0.25) is 4.79 Å². The standard InChI is InChI=1S/C13H17Cl2NO3/c14-5-7-16(8-6-15)11-2-1-3-12(10-11)19-9-4-13(17)18/h1-3,10H,4-9H2,(H,17,18). The second-order valence-electron chi connectivity index (χ2n) is 3.85. The minimum atomic E-state index is -0.873. The largest absolute Gasteiger partial charge is 0.493 e. The lowest BCUT2D eigenvalue weighted by Gasteiger charge is -2.23. The van der Waals surface area contributed by atoms with Crippen LogP contribution in [0.2, 0.25) is 0 Å². The molecule has 0 atom stereocenters. The Morgan fingerprint density at radius 3 is 2.53 bits per heavy atom. The van der Waals surface area contributed by atoms with Crippen LogP contribution in [-0.2, 0) is 4.79 Å². The molecule has 0 aliphatic heterocycles. The number of carboxylic acid groups (broad SMARTS) is 1. The molecule has 0 spiro atoms. The Morgan fingerprint density at radius 1 is 1.26 bits per heavy atom. The number of rotatable bonds is 9. The van der Waals surface area contributed by atoms with Gasteiger partial charge in [-0.05, 0) is 12.1 Å². The van der Waals surface area contributed by atoms with Gasteiger partial charge in [0.15, 0.2) is 0 Å². The van der Waals surface area contributed by atoms with E-state index in [-0.39, 0.29) is 13.0 Å². The number of anilines is 1. The van der Waals surface area contributed by atoms with Crippen molar-refractivity contribution < 1.29 is 14.6 Å². The zero-order chi connectivity index (χ0) is 14.1. The molecule has 0 bridgehead atoms. The molecular formula is C13H17Cl2NO3. The lowest BCUT2D eigenvalue weighted by Crippen LogP contribution is -2.27. The van der Waals surface area contributed by atoms with Crippen LogP contribution in [0.1, 0.15) is 6.42 Å². The summed E-state index contributed by atoms with van der Waals surface area (Å²) >= 11 is 11.5. The molecule has 0 saturated heterocycles. The Labute approximate surface area is 122 Å². The van der Waals surface area contributed by atoms with Crippen molar-refractivity contribution in [1.29, 1.82) is 0 Å². The summed E-state index contributed by atoms with van der Waals surface area (Å²) in [5, 5.41) is 8.56. The second-order valence-corrected chi connectivity index (χ2v) is 4.61. The number of alkyl halides is 2. The second kappa shape index (κ2) is 8.88. The minimum Gasteiger partial charge on any atom is -0.493 e. The summed E-state index contributed by atoms with van der Waals surface area (Å²) in [4.78, 5) is 12.5. The fourth-order valence-corrected chi connectivity index (χ4v) is 2.01. The molecule has 1 aromatic carbocycles. The van der Waals surface area contributed by atoms with Gasteiger partial charge in [0.2, 0.25) is 0 Å². The highest BCUT2D eigenvalue weighted by atomic mass is 35.5. The molecule has 0 fully saturated rings. The highest BCUT2D eigenvalue weighted by Crippen LogP contribution is 2.21. The van der Waals surface area contributed by atoms with E-state index in [1.54, 1.807) is 6.07 Å². The number of benzene rings is 1. The van der Waals surface area contributed by atoms with Crippen LogP contribution in [0.5, 0.6) is 5.75 Å². The Kier molecular flexibility index (Phi) is 7.45. The zero-order valence-electron chi connectivity index (χ0n) is 10.5. The monoisotopic (exact) mass is 305 g/mol. The summed E-state index contributed by atoms with van der Waals surface area (Å²) < 4.78 is 5.39. The number of halogens is 2. The van der Waals surface area contributed by atoms with Gasteiger partial charge in [0.1, 0.15) is 5.75 Å².